The Morgan fingerprint density at radius 2 is 1.83 bits per heavy atom. The minimum atomic E-state index is -1.69. The maximum atomic E-state index is 11.7. The summed E-state index contributed by atoms with van der Waals surface area (Å²) in [5.74, 6) is -4.75. The monoisotopic (exact) mass is 359 g/mol. The Bertz CT molecular complexity index is 615. The number of aliphatic hydroxyl groups excluding tert-OH is 1. The highest BCUT2D eigenvalue weighted by molar-refractivity contribution is 7.99. The van der Waals surface area contributed by atoms with Gasteiger partial charge >= 0.3 is 11.9 Å². The second-order valence-electron chi connectivity index (χ2n) is 5.93. The molecule has 0 saturated heterocycles. The van der Waals surface area contributed by atoms with Crippen LogP contribution in [0.4, 0.5) is 0 Å². The van der Waals surface area contributed by atoms with E-state index >= 15 is 0 Å². The van der Waals surface area contributed by atoms with E-state index in [4.69, 9.17) is 10.8 Å². The molecule has 3 rings (SSSR count). The van der Waals surface area contributed by atoms with E-state index in [2.05, 4.69) is 0 Å². The van der Waals surface area contributed by atoms with E-state index in [9.17, 15) is 19.8 Å². The topological polar surface area (TPSA) is 121 Å². The van der Waals surface area contributed by atoms with Gasteiger partial charge in [0.05, 0.1) is 12.0 Å². The number of aliphatic carboxylic acids is 2. The van der Waals surface area contributed by atoms with E-state index in [0.717, 1.165) is 4.90 Å². The van der Waals surface area contributed by atoms with Crippen molar-refractivity contribution in [3.8, 4) is 0 Å². The average Bonchev–Trinajstić information content (AvgIpc) is 3.19. The molecular formula is C15H18ClNO5S. The highest BCUT2D eigenvalue weighted by Gasteiger charge is 2.77. The van der Waals surface area contributed by atoms with Gasteiger partial charge in [-0.25, -0.2) is 0 Å². The van der Waals surface area contributed by atoms with E-state index in [1.165, 1.54) is 11.8 Å². The molecule has 5 N–H and O–H groups in total. The lowest BCUT2D eigenvalue weighted by atomic mass is 9.81. The molecule has 0 spiro atoms. The molecule has 2 saturated carbocycles. The fourth-order valence-corrected chi connectivity index (χ4v) is 4.93. The van der Waals surface area contributed by atoms with Crippen molar-refractivity contribution in [2.45, 2.75) is 16.5 Å². The van der Waals surface area contributed by atoms with Crippen LogP contribution in [0.1, 0.15) is 0 Å². The quantitative estimate of drug-likeness (QED) is 0.577. The summed E-state index contributed by atoms with van der Waals surface area (Å²) in [6.45, 7) is 0. The number of nitrogens with two attached hydrogens (primary N) is 1. The predicted molar refractivity (Wildman–Crippen MR) is 86.6 cm³/mol. The maximum Gasteiger partial charge on any atom is 0.324 e. The Kier molecular flexibility index (Phi) is 4.96. The zero-order valence-electron chi connectivity index (χ0n) is 12.0. The standard InChI is InChI=1S/C15H17NO5S.ClH/c16-15(14(20)21)8(6-22-7-4-2-1-3-5-7)12(17)9-10(11(9)15)13(18)19;/h1-5,8-12,17H,6,16H2,(H,18,19)(H,20,21);1H/t8-,9-,10-,11-,12+,15-;/m0./s1. The molecule has 2 fully saturated rings. The smallest absolute Gasteiger partial charge is 0.324 e. The number of benzene rings is 1. The van der Waals surface area contributed by atoms with E-state index in [-0.39, 0.29) is 12.4 Å². The molecule has 0 aromatic heterocycles. The first-order valence-corrected chi connectivity index (χ1v) is 7.98. The summed E-state index contributed by atoms with van der Waals surface area (Å²) >= 11 is 1.42. The summed E-state index contributed by atoms with van der Waals surface area (Å²) in [6.07, 6.45) is -0.997. The van der Waals surface area contributed by atoms with Gasteiger partial charge in [-0.3, -0.25) is 9.59 Å². The van der Waals surface area contributed by atoms with Crippen LogP contribution in [-0.2, 0) is 9.59 Å². The van der Waals surface area contributed by atoms with Gasteiger partial charge < -0.3 is 21.1 Å². The summed E-state index contributed by atoms with van der Waals surface area (Å²) in [4.78, 5) is 23.8. The Balaban J connectivity index is 0.00000192. The van der Waals surface area contributed by atoms with Gasteiger partial charge in [-0.15, -0.1) is 24.2 Å². The Labute approximate surface area is 143 Å². The summed E-state index contributed by atoms with van der Waals surface area (Å²) in [5.41, 5.74) is 4.39. The number of carboxylic acids is 2. The van der Waals surface area contributed by atoms with Gasteiger partial charge in [0, 0.05) is 28.4 Å². The number of halogens is 1. The Hall–Kier alpha value is -1.28. The molecule has 0 unspecified atom stereocenters. The number of fused-ring (bicyclic) bond motifs is 1. The largest absolute Gasteiger partial charge is 0.481 e. The molecule has 0 radical (unpaired) electrons. The number of thioether (sulfide) groups is 1. The van der Waals surface area contributed by atoms with Crippen LogP contribution in [0.25, 0.3) is 0 Å². The van der Waals surface area contributed by atoms with Crippen LogP contribution in [0.5, 0.6) is 0 Å². The van der Waals surface area contributed by atoms with Crippen molar-refractivity contribution in [1.82, 2.24) is 0 Å². The van der Waals surface area contributed by atoms with Gasteiger partial charge in [-0.05, 0) is 12.1 Å². The van der Waals surface area contributed by atoms with Crippen LogP contribution in [-0.4, -0.2) is 44.7 Å². The van der Waals surface area contributed by atoms with Gasteiger partial charge in [0.2, 0.25) is 0 Å². The van der Waals surface area contributed by atoms with Gasteiger partial charge in [-0.1, -0.05) is 18.2 Å². The van der Waals surface area contributed by atoms with Crippen molar-refractivity contribution in [3.05, 3.63) is 30.3 Å². The molecule has 0 heterocycles. The first kappa shape index (κ1) is 18.1. The van der Waals surface area contributed by atoms with Crippen LogP contribution >= 0.6 is 24.2 Å². The molecule has 0 bridgehead atoms. The van der Waals surface area contributed by atoms with E-state index < -0.39 is 47.3 Å². The third kappa shape index (κ3) is 2.71. The number of rotatable bonds is 5. The van der Waals surface area contributed by atoms with Crippen LogP contribution < -0.4 is 5.73 Å². The minimum Gasteiger partial charge on any atom is -0.481 e. The summed E-state index contributed by atoms with van der Waals surface area (Å²) < 4.78 is 0. The summed E-state index contributed by atoms with van der Waals surface area (Å²) in [7, 11) is 0. The molecule has 0 amide bonds. The SMILES string of the molecule is Cl.N[C@]1(C(=O)O)[C@@H]2[C@@H](C(=O)O)[C@@H]2[C@H](O)[C@@H]1CSc1ccccc1. The maximum absolute atomic E-state index is 11.7. The third-order valence-corrected chi connectivity index (χ3v) is 6.01. The molecule has 1 aromatic rings. The lowest BCUT2D eigenvalue weighted by molar-refractivity contribution is -0.148. The van der Waals surface area contributed by atoms with Gasteiger partial charge in [0.25, 0.3) is 0 Å². The highest BCUT2D eigenvalue weighted by atomic mass is 35.5. The second-order valence-corrected chi connectivity index (χ2v) is 7.02. The Morgan fingerprint density at radius 3 is 2.35 bits per heavy atom. The van der Waals surface area contributed by atoms with Crippen LogP contribution in [0.15, 0.2) is 35.2 Å². The zero-order valence-corrected chi connectivity index (χ0v) is 13.7. The van der Waals surface area contributed by atoms with Gasteiger partial charge in [0.1, 0.15) is 5.54 Å². The zero-order chi connectivity index (χ0) is 16.1. The molecule has 6 nitrogen and oxygen atoms in total. The van der Waals surface area contributed by atoms with Crippen molar-refractivity contribution in [2.24, 2.45) is 29.4 Å². The average molecular weight is 360 g/mol. The van der Waals surface area contributed by atoms with Crippen molar-refractivity contribution >= 4 is 36.1 Å². The molecule has 8 heteroatoms. The molecule has 2 aliphatic rings. The van der Waals surface area contributed by atoms with Crippen molar-refractivity contribution in [3.63, 3.8) is 0 Å². The lowest BCUT2D eigenvalue weighted by Gasteiger charge is -2.32. The second kappa shape index (κ2) is 6.32. The number of hydrogen-bond acceptors (Lipinski definition) is 5. The summed E-state index contributed by atoms with van der Waals surface area (Å²) in [5, 5.41) is 29.0. The minimum absolute atomic E-state index is 0. The van der Waals surface area contributed by atoms with Crippen molar-refractivity contribution < 1.29 is 24.9 Å². The van der Waals surface area contributed by atoms with Crippen LogP contribution in [0.2, 0.25) is 0 Å². The molecule has 1 aromatic carbocycles. The lowest BCUT2D eigenvalue weighted by Crippen LogP contribution is -2.58. The number of hydrogen-bond donors (Lipinski definition) is 4. The fourth-order valence-electron chi connectivity index (χ4n) is 3.73. The van der Waals surface area contributed by atoms with Gasteiger partial charge in [0.15, 0.2) is 0 Å². The van der Waals surface area contributed by atoms with Crippen molar-refractivity contribution in [1.29, 1.82) is 0 Å². The van der Waals surface area contributed by atoms with E-state index in [0.29, 0.717) is 5.75 Å². The number of carbonyl (C=O) groups is 2. The molecular weight excluding hydrogens is 342 g/mol. The van der Waals surface area contributed by atoms with Crippen LogP contribution in [0, 0.1) is 23.7 Å². The molecule has 6 atom stereocenters. The van der Waals surface area contributed by atoms with Crippen molar-refractivity contribution in [2.75, 3.05) is 5.75 Å². The fraction of sp³-hybridized carbons (Fsp3) is 0.467. The first-order chi connectivity index (χ1) is 10.4. The van der Waals surface area contributed by atoms with Crippen LogP contribution in [0.3, 0.4) is 0 Å². The van der Waals surface area contributed by atoms with Gasteiger partial charge in [-0.2, -0.15) is 0 Å². The third-order valence-electron chi connectivity index (χ3n) is 4.88. The summed E-state index contributed by atoms with van der Waals surface area (Å²) in [6, 6.07) is 9.42. The Morgan fingerprint density at radius 1 is 1.22 bits per heavy atom. The molecule has 23 heavy (non-hydrogen) atoms. The van der Waals surface area contributed by atoms with E-state index in [1.807, 2.05) is 30.3 Å². The first-order valence-electron chi connectivity index (χ1n) is 7.00. The molecule has 0 aliphatic heterocycles. The molecule has 2 aliphatic carbocycles. The number of aliphatic hydroxyl groups is 1. The van der Waals surface area contributed by atoms with E-state index in [1.54, 1.807) is 0 Å². The predicted octanol–water partition coefficient (Wildman–Crippen LogP) is 0.920. The highest BCUT2D eigenvalue weighted by Crippen LogP contribution is 2.64. The normalized spacial score (nSPS) is 37.6. The number of carboxylic acid groups (broad SMARTS) is 2. The molecule has 126 valence electrons.